The molecule has 2 aromatic rings. The molecule has 7 heteroatoms. The van der Waals surface area contributed by atoms with E-state index >= 15 is 0 Å². The molecule has 2 rings (SSSR count). The van der Waals surface area contributed by atoms with Gasteiger partial charge in [0, 0.05) is 18.2 Å². The van der Waals surface area contributed by atoms with Gasteiger partial charge >= 0.3 is 0 Å². The molecule has 0 fully saturated rings. The first-order chi connectivity index (χ1) is 12.0. The van der Waals surface area contributed by atoms with E-state index in [1.807, 2.05) is 14.0 Å². The number of likely N-dealkylation sites (N-methyl/N-ethyl adjacent to an activating group) is 1. The molecule has 3 N–H and O–H groups in total. The van der Waals surface area contributed by atoms with Crippen molar-refractivity contribution in [1.82, 2.24) is 10.6 Å². The van der Waals surface area contributed by atoms with Gasteiger partial charge in [-0.25, -0.2) is 0 Å². The second kappa shape index (κ2) is 10.4. The van der Waals surface area contributed by atoms with E-state index in [0.29, 0.717) is 29.1 Å². The van der Waals surface area contributed by atoms with Gasteiger partial charge in [-0.3, -0.25) is 9.59 Å². The van der Waals surface area contributed by atoms with Crippen LogP contribution in [0.2, 0.25) is 0 Å². The largest absolute Gasteiger partial charge is 0.497 e. The average Bonchev–Trinajstić information content (AvgIpc) is 2.66. The van der Waals surface area contributed by atoms with Gasteiger partial charge in [-0.15, -0.1) is 12.4 Å². The van der Waals surface area contributed by atoms with Crippen molar-refractivity contribution in [3.8, 4) is 5.75 Å². The molecule has 0 aliphatic carbocycles. The minimum atomic E-state index is -0.286. The van der Waals surface area contributed by atoms with Crippen molar-refractivity contribution in [2.45, 2.75) is 13.0 Å². The van der Waals surface area contributed by atoms with Gasteiger partial charge in [-0.05, 0) is 50.4 Å². The van der Waals surface area contributed by atoms with E-state index in [4.69, 9.17) is 4.74 Å². The van der Waals surface area contributed by atoms with Gasteiger partial charge in [0.05, 0.1) is 18.4 Å². The summed E-state index contributed by atoms with van der Waals surface area (Å²) in [6.07, 6.45) is 0. The van der Waals surface area contributed by atoms with E-state index in [-0.39, 0.29) is 30.3 Å². The van der Waals surface area contributed by atoms with Gasteiger partial charge in [0.15, 0.2) is 0 Å². The van der Waals surface area contributed by atoms with Gasteiger partial charge in [-0.1, -0.05) is 12.1 Å². The fourth-order valence-corrected chi connectivity index (χ4v) is 2.17. The van der Waals surface area contributed by atoms with E-state index in [0.717, 1.165) is 0 Å². The maximum absolute atomic E-state index is 12.4. The summed E-state index contributed by atoms with van der Waals surface area (Å²) in [6.45, 7) is 2.47. The predicted octanol–water partition coefficient (Wildman–Crippen LogP) is 2.71. The summed E-state index contributed by atoms with van der Waals surface area (Å²) in [5.74, 6) is 0.161. The summed E-state index contributed by atoms with van der Waals surface area (Å²) >= 11 is 0. The first-order valence-electron chi connectivity index (χ1n) is 8.05. The molecule has 0 aromatic heterocycles. The number of halogens is 1. The van der Waals surface area contributed by atoms with Gasteiger partial charge in [0.1, 0.15) is 5.75 Å². The number of methoxy groups -OCH3 is 1. The fourth-order valence-electron chi connectivity index (χ4n) is 2.17. The molecule has 0 aliphatic rings. The van der Waals surface area contributed by atoms with Crippen molar-refractivity contribution in [2.75, 3.05) is 26.0 Å². The highest BCUT2D eigenvalue weighted by molar-refractivity contribution is 6.09. The van der Waals surface area contributed by atoms with Gasteiger partial charge < -0.3 is 20.7 Å². The third-order valence-electron chi connectivity index (χ3n) is 3.83. The number of carbonyl (C=O) groups is 2. The Labute approximate surface area is 159 Å². The van der Waals surface area contributed by atoms with Crippen LogP contribution in [0.1, 0.15) is 27.6 Å². The van der Waals surface area contributed by atoms with Crippen molar-refractivity contribution in [1.29, 1.82) is 0 Å². The summed E-state index contributed by atoms with van der Waals surface area (Å²) in [5.41, 5.74) is 1.38. The summed E-state index contributed by atoms with van der Waals surface area (Å²) in [5, 5.41) is 8.69. The Kier molecular flexibility index (Phi) is 8.61. The lowest BCUT2D eigenvalue weighted by Gasteiger charge is -2.14. The first kappa shape index (κ1) is 21.5. The number of ether oxygens (including phenoxy) is 1. The Bertz CT molecular complexity index is 735. The van der Waals surface area contributed by atoms with Crippen LogP contribution >= 0.6 is 12.4 Å². The van der Waals surface area contributed by atoms with Crippen molar-refractivity contribution in [2.24, 2.45) is 0 Å². The summed E-state index contributed by atoms with van der Waals surface area (Å²) in [6, 6.07) is 13.9. The number of rotatable bonds is 7. The zero-order valence-corrected chi connectivity index (χ0v) is 15.9. The van der Waals surface area contributed by atoms with E-state index < -0.39 is 0 Å². The van der Waals surface area contributed by atoms with Crippen LogP contribution in [-0.4, -0.2) is 38.6 Å². The lowest BCUT2D eigenvalue weighted by atomic mass is 10.1. The Balaban J connectivity index is 0.00000338. The number of carbonyl (C=O) groups excluding carboxylic acids is 2. The van der Waals surface area contributed by atoms with Crippen LogP contribution in [0.3, 0.4) is 0 Å². The summed E-state index contributed by atoms with van der Waals surface area (Å²) in [4.78, 5) is 24.8. The number of anilines is 1. The Morgan fingerprint density at radius 2 is 1.69 bits per heavy atom. The minimum Gasteiger partial charge on any atom is -0.497 e. The first-order valence-corrected chi connectivity index (χ1v) is 8.05. The molecule has 0 saturated heterocycles. The van der Waals surface area contributed by atoms with E-state index in [9.17, 15) is 9.59 Å². The number of benzene rings is 2. The smallest absolute Gasteiger partial charge is 0.255 e. The molecule has 0 saturated carbocycles. The Morgan fingerprint density at radius 3 is 2.31 bits per heavy atom. The lowest BCUT2D eigenvalue weighted by molar-refractivity contribution is 0.0951. The molecule has 0 spiro atoms. The molecule has 0 bridgehead atoms. The van der Waals surface area contributed by atoms with Gasteiger partial charge in [-0.2, -0.15) is 0 Å². The zero-order valence-electron chi connectivity index (χ0n) is 15.0. The zero-order chi connectivity index (χ0) is 18.2. The second-order valence-corrected chi connectivity index (χ2v) is 5.63. The molecule has 1 unspecified atom stereocenters. The summed E-state index contributed by atoms with van der Waals surface area (Å²) < 4.78 is 5.08. The average molecular weight is 378 g/mol. The third kappa shape index (κ3) is 5.75. The Hall–Kier alpha value is -2.57. The van der Waals surface area contributed by atoms with Gasteiger partial charge in [0.2, 0.25) is 0 Å². The maximum atomic E-state index is 12.4. The van der Waals surface area contributed by atoms with Crippen molar-refractivity contribution in [3.63, 3.8) is 0 Å². The monoisotopic (exact) mass is 377 g/mol. The van der Waals surface area contributed by atoms with E-state index in [2.05, 4.69) is 16.0 Å². The van der Waals surface area contributed by atoms with Crippen molar-refractivity contribution in [3.05, 3.63) is 59.7 Å². The molecule has 140 valence electrons. The highest BCUT2D eigenvalue weighted by Gasteiger charge is 2.14. The highest BCUT2D eigenvalue weighted by atomic mass is 35.5. The highest BCUT2D eigenvalue weighted by Crippen LogP contribution is 2.17. The molecule has 6 nitrogen and oxygen atoms in total. The van der Waals surface area contributed by atoms with Crippen LogP contribution < -0.4 is 20.7 Å². The van der Waals surface area contributed by atoms with Crippen LogP contribution in [0.15, 0.2) is 48.5 Å². The SMILES string of the molecule is CNC(C)CNC(=O)c1ccccc1NC(=O)c1ccc(OC)cc1.Cl. The number of hydrogen-bond donors (Lipinski definition) is 3. The topological polar surface area (TPSA) is 79.5 Å². The van der Waals surface area contributed by atoms with Crippen LogP contribution in [0.25, 0.3) is 0 Å². The Morgan fingerprint density at radius 1 is 1.04 bits per heavy atom. The van der Waals surface area contributed by atoms with Crippen molar-refractivity contribution < 1.29 is 14.3 Å². The quantitative estimate of drug-likeness (QED) is 0.693. The van der Waals surface area contributed by atoms with E-state index in [1.165, 1.54) is 0 Å². The van der Waals surface area contributed by atoms with Crippen LogP contribution in [0.4, 0.5) is 5.69 Å². The van der Waals surface area contributed by atoms with Crippen LogP contribution in [-0.2, 0) is 0 Å². The number of para-hydroxylation sites is 1. The maximum Gasteiger partial charge on any atom is 0.255 e. The normalized spacial score (nSPS) is 11.0. The molecule has 26 heavy (non-hydrogen) atoms. The van der Waals surface area contributed by atoms with Crippen molar-refractivity contribution >= 4 is 29.9 Å². The molecule has 0 heterocycles. The minimum absolute atomic E-state index is 0. The standard InChI is InChI=1S/C19H23N3O3.ClH/c1-13(20-2)12-21-19(24)16-6-4-5-7-17(16)22-18(23)14-8-10-15(25-3)11-9-14;/h4-11,13,20H,12H2,1-3H3,(H,21,24)(H,22,23);1H. The number of hydrogen-bond acceptors (Lipinski definition) is 4. The van der Waals surface area contributed by atoms with Crippen LogP contribution in [0, 0.1) is 0 Å². The number of amides is 2. The molecule has 2 amide bonds. The number of nitrogens with one attached hydrogen (secondary N) is 3. The van der Waals surface area contributed by atoms with Gasteiger partial charge in [0.25, 0.3) is 11.8 Å². The van der Waals surface area contributed by atoms with Crippen LogP contribution in [0.5, 0.6) is 5.75 Å². The van der Waals surface area contributed by atoms with E-state index in [1.54, 1.807) is 55.6 Å². The summed E-state index contributed by atoms with van der Waals surface area (Å²) in [7, 11) is 3.40. The molecule has 1 atom stereocenters. The second-order valence-electron chi connectivity index (χ2n) is 5.63. The molecular formula is C19H24ClN3O3. The third-order valence-corrected chi connectivity index (χ3v) is 3.83. The molecule has 0 radical (unpaired) electrons. The predicted molar refractivity (Wildman–Crippen MR) is 105 cm³/mol. The lowest BCUT2D eigenvalue weighted by Crippen LogP contribution is -2.37. The molecule has 0 aliphatic heterocycles. The fraction of sp³-hybridized carbons (Fsp3) is 0.263. The molecule has 2 aromatic carbocycles. The molecular weight excluding hydrogens is 354 g/mol.